The average molecular weight is 344 g/mol. The molecule has 17 heavy (non-hydrogen) atoms. The topological polar surface area (TPSA) is 15.3 Å². The molecular formula is C14H21IN2. The van der Waals surface area contributed by atoms with Crippen molar-refractivity contribution in [2.45, 2.75) is 32.7 Å². The molecule has 1 N–H and O–H groups in total. The van der Waals surface area contributed by atoms with Crippen LogP contribution in [-0.2, 0) is 0 Å². The molecule has 0 radical (unpaired) electrons. The van der Waals surface area contributed by atoms with Gasteiger partial charge in [-0.05, 0) is 66.6 Å². The SMILES string of the molecule is CCNC1CCN(c2cccc(I)c2C)CC1. The van der Waals surface area contributed by atoms with Crippen molar-refractivity contribution in [2.24, 2.45) is 0 Å². The molecule has 0 spiro atoms. The Kier molecular flexibility index (Phi) is 4.68. The molecule has 3 heteroatoms. The monoisotopic (exact) mass is 344 g/mol. The van der Waals surface area contributed by atoms with Gasteiger partial charge in [0, 0.05) is 28.4 Å². The third-order valence-electron chi connectivity index (χ3n) is 3.57. The first-order chi connectivity index (χ1) is 8.22. The molecule has 2 rings (SSSR count). The quantitative estimate of drug-likeness (QED) is 0.848. The third kappa shape index (κ3) is 3.13. The largest absolute Gasteiger partial charge is 0.371 e. The van der Waals surface area contributed by atoms with E-state index in [-0.39, 0.29) is 0 Å². The number of hydrogen-bond donors (Lipinski definition) is 1. The van der Waals surface area contributed by atoms with Crippen LogP contribution in [0, 0.1) is 10.5 Å². The van der Waals surface area contributed by atoms with Gasteiger partial charge in [0.25, 0.3) is 0 Å². The van der Waals surface area contributed by atoms with Crippen LogP contribution >= 0.6 is 22.6 Å². The highest BCUT2D eigenvalue weighted by molar-refractivity contribution is 14.1. The van der Waals surface area contributed by atoms with Crippen LogP contribution in [0.25, 0.3) is 0 Å². The number of halogens is 1. The Hall–Kier alpha value is -0.290. The highest BCUT2D eigenvalue weighted by Gasteiger charge is 2.19. The molecule has 0 bridgehead atoms. The Labute approximate surface area is 118 Å². The van der Waals surface area contributed by atoms with E-state index in [4.69, 9.17) is 0 Å². The standard InChI is InChI=1S/C14H21IN2/c1-3-16-12-7-9-17(10-8-12)14-6-4-5-13(15)11(14)2/h4-6,12,16H,3,7-10H2,1-2H3. The molecule has 1 aromatic carbocycles. The van der Waals surface area contributed by atoms with Crippen molar-refractivity contribution < 1.29 is 0 Å². The van der Waals surface area contributed by atoms with Gasteiger partial charge in [-0.1, -0.05) is 13.0 Å². The summed E-state index contributed by atoms with van der Waals surface area (Å²) in [5, 5.41) is 3.55. The average Bonchev–Trinajstić information content (AvgIpc) is 2.34. The van der Waals surface area contributed by atoms with Crippen molar-refractivity contribution in [2.75, 3.05) is 24.5 Å². The van der Waals surface area contributed by atoms with Crippen LogP contribution in [0.1, 0.15) is 25.3 Å². The molecule has 0 unspecified atom stereocenters. The Morgan fingerprint density at radius 2 is 2.06 bits per heavy atom. The molecule has 2 nitrogen and oxygen atoms in total. The van der Waals surface area contributed by atoms with Crippen LogP contribution in [0.15, 0.2) is 18.2 Å². The zero-order valence-electron chi connectivity index (χ0n) is 10.7. The van der Waals surface area contributed by atoms with Crippen LogP contribution in [0.5, 0.6) is 0 Å². The number of hydrogen-bond acceptors (Lipinski definition) is 2. The number of benzene rings is 1. The van der Waals surface area contributed by atoms with Crippen LogP contribution in [-0.4, -0.2) is 25.7 Å². The minimum Gasteiger partial charge on any atom is -0.371 e. The number of nitrogens with zero attached hydrogens (tertiary/aromatic N) is 1. The second kappa shape index (κ2) is 6.05. The molecule has 0 amide bonds. The van der Waals surface area contributed by atoms with Gasteiger partial charge in [0.05, 0.1) is 0 Å². The molecule has 1 heterocycles. The van der Waals surface area contributed by atoms with Crippen molar-refractivity contribution >= 4 is 28.3 Å². The summed E-state index contributed by atoms with van der Waals surface area (Å²) in [6.07, 6.45) is 2.53. The molecule has 1 aromatic rings. The van der Waals surface area contributed by atoms with Crippen molar-refractivity contribution in [1.82, 2.24) is 5.32 Å². The van der Waals surface area contributed by atoms with E-state index < -0.39 is 0 Å². The maximum absolute atomic E-state index is 3.55. The maximum Gasteiger partial charge on any atom is 0.0406 e. The fraction of sp³-hybridized carbons (Fsp3) is 0.571. The second-order valence-corrected chi connectivity index (χ2v) is 5.87. The van der Waals surface area contributed by atoms with Crippen LogP contribution in [0.4, 0.5) is 5.69 Å². The lowest BCUT2D eigenvalue weighted by molar-refractivity contribution is 0.423. The number of nitrogens with one attached hydrogen (secondary N) is 1. The van der Waals surface area contributed by atoms with E-state index in [1.807, 2.05) is 0 Å². The predicted molar refractivity (Wildman–Crippen MR) is 82.8 cm³/mol. The molecule has 1 saturated heterocycles. The highest BCUT2D eigenvalue weighted by Crippen LogP contribution is 2.26. The summed E-state index contributed by atoms with van der Waals surface area (Å²) in [4.78, 5) is 2.53. The van der Waals surface area contributed by atoms with E-state index in [2.05, 4.69) is 64.9 Å². The first kappa shape index (κ1) is 13.1. The molecule has 0 atom stereocenters. The summed E-state index contributed by atoms with van der Waals surface area (Å²) in [5.74, 6) is 0. The number of rotatable bonds is 3. The molecule has 1 aliphatic heterocycles. The first-order valence-electron chi connectivity index (χ1n) is 6.45. The van der Waals surface area contributed by atoms with Crippen molar-refractivity contribution in [3.63, 3.8) is 0 Å². The van der Waals surface area contributed by atoms with Gasteiger partial charge in [-0.25, -0.2) is 0 Å². The van der Waals surface area contributed by atoms with Crippen LogP contribution in [0.3, 0.4) is 0 Å². The number of anilines is 1. The maximum atomic E-state index is 3.55. The minimum atomic E-state index is 0.722. The molecule has 1 aliphatic rings. The summed E-state index contributed by atoms with van der Waals surface area (Å²) < 4.78 is 1.37. The van der Waals surface area contributed by atoms with Gasteiger partial charge in [-0.3, -0.25) is 0 Å². The third-order valence-corrected chi connectivity index (χ3v) is 4.74. The lowest BCUT2D eigenvalue weighted by atomic mass is 10.0. The zero-order chi connectivity index (χ0) is 12.3. The van der Waals surface area contributed by atoms with Gasteiger partial charge in [-0.15, -0.1) is 0 Å². The van der Waals surface area contributed by atoms with Crippen molar-refractivity contribution in [3.05, 3.63) is 27.3 Å². The van der Waals surface area contributed by atoms with Crippen LogP contribution in [0.2, 0.25) is 0 Å². The summed E-state index contributed by atoms with van der Waals surface area (Å²) in [5.41, 5.74) is 2.85. The van der Waals surface area contributed by atoms with E-state index in [0.717, 1.165) is 12.6 Å². The Balaban J connectivity index is 2.03. The summed E-state index contributed by atoms with van der Waals surface area (Å²) in [6, 6.07) is 7.33. The Morgan fingerprint density at radius 1 is 1.35 bits per heavy atom. The Bertz CT molecular complexity index is 370. The van der Waals surface area contributed by atoms with Gasteiger partial charge in [0.2, 0.25) is 0 Å². The van der Waals surface area contributed by atoms with E-state index in [1.165, 1.54) is 40.8 Å². The van der Waals surface area contributed by atoms with Gasteiger partial charge in [-0.2, -0.15) is 0 Å². The molecule has 1 fully saturated rings. The van der Waals surface area contributed by atoms with Crippen molar-refractivity contribution in [1.29, 1.82) is 0 Å². The van der Waals surface area contributed by atoms with Crippen LogP contribution < -0.4 is 10.2 Å². The van der Waals surface area contributed by atoms with Gasteiger partial charge >= 0.3 is 0 Å². The van der Waals surface area contributed by atoms with E-state index in [9.17, 15) is 0 Å². The Morgan fingerprint density at radius 3 is 2.71 bits per heavy atom. The zero-order valence-corrected chi connectivity index (χ0v) is 12.8. The van der Waals surface area contributed by atoms with Gasteiger partial charge in [0.15, 0.2) is 0 Å². The smallest absolute Gasteiger partial charge is 0.0406 e. The molecule has 94 valence electrons. The van der Waals surface area contributed by atoms with E-state index in [1.54, 1.807) is 0 Å². The fourth-order valence-electron chi connectivity index (χ4n) is 2.55. The lowest BCUT2D eigenvalue weighted by Crippen LogP contribution is -2.42. The molecule has 0 aromatic heterocycles. The highest BCUT2D eigenvalue weighted by atomic mass is 127. The van der Waals surface area contributed by atoms with E-state index >= 15 is 0 Å². The second-order valence-electron chi connectivity index (χ2n) is 4.70. The predicted octanol–water partition coefficient (Wildman–Crippen LogP) is 3.18. The number of piperidine rings is 1. The van der Waals surface area contributed by atoms with Gasteiger partial charge < -0.3 is 10.2 Å². The van der Waals surface area contributed by atoms with Crippen molar-refractivity contribution in [3.8, 4) is 0 Å². The van der Waals surface area contributed by atoms with Gasteiger partial charge in [0.1, 0.15) is 0 Å². The summed E-state index contributed by atoms with van der Waals surface area (Å²) in [7, 11) is 0. The molecule has 0 aliphatic carbocycles. The summed E-state index contributed by atoms with van der Waals surface area (Å²) in [6.45, 7) is 7.87. The summed E-state index contributed by atoms with van der Waals surface area (Å²) >= 11 is 2.42. The fourth-order valence-corrected chi connectivity index (χ4v) is 3.04. The van der Waals surface area contributed by atoms with E-state index in [0.29, 0.717) is 0 Å². The lowest BCUT2D eigenvalue weighted by Gasteiger charge is -2.35. The first-order valence-corrected chi connectivity index (χ1v) is 7.53. The minimum absolute atomic E-state index is 0.722. The molecule has 0 saturated carbocycles. The normalized spacial score (nSPS) is 17.5. The molecular weight excluding hydrogens is 323 g/mol.